The van der Waals surface area contributed by atoms with E-state index < -0.39 is 0 Å². The van der Waals surface area contributed by atoms with Crippen LogP contribution in [0.1, 0.15) is 5.56 Å². The fraction of sp³-hybridized carbons (Fsp3) is 0.154. The van der Waals surface area contributed by atoms with Crippen molar-refractivity contribution in [3.8, 4) is 11.1 Å². The van der Waals surface area contributed by atoms with Gasteiger partial charge in [0.15, 0.2) is 0 Å². The zero-order valence-corrected chi connectivity index (χ0v) is 18.0. The summed E-state index contributed by atoms with van der Waals surface area (Å²) in [4.78, 5) is 11.4. The number of aromatic nitrogens is 3. The molecule has 0 saturated heterocycles. The lowest BCUT2D eigenvalue weighted by atomic mass is 10.0. The lowest BCUT2D eigenvalue weighted by Gasteiger charge is -2.17. The van der Waals surface area contributed by atoms with Gasteiger partial charge in [0.2, 0.25) is 0 Å². The van der Waals surface area contributed by atoms with Crippen LogP contribution in [0.2, 0.25) is 0 Å². The van der Waals surface area contributed by atoms with Crippen molar-refractivity contribution in [2.75, 3.05) is 19.4 Å². The molecule has 2 heterocycles. The van der Waals surface area contributed by atoms with Crippen molar-refractivity contribution in [2.24, 2.45) is 7.05 Å². The van der Waals surface area contributed by atoms with Crippen molar-refractivity contribution in [1.82, 2.24) is 19.4 Å². The van der Waals surface area contributed by atoms with Crippen LogP contribution in [0.3, 0.4) is 0 Å². The highest BCUT2D eigenvalue weighted by molar-refractivity contribution is 5.97. The maximum absolute atomic E-state index is 4.65. The average Bonchev–Trinajstić information content (AvgIpc) is 3.14. The Labute approximate surface area is 182 Å². The molecule has 154 valence electrons. The van der Waals surface area contributed by atoms with Crippen molar-refractivity contribution < 1.29 is 0 Å². The van der Waals surface area contributed by atoms with Crippen LogP contribution in [0.5, 0.6) is 0 Å². The van der Waals surface area contributed by atoms with E-state index in [1.807, 2.05) is 0 Å². The first-order valence-electron chi connectivity index (χ1n) is 10.4. The second-order valence-electron chi connectivity index (χ2n) is 8.17. The van der Waals surface area contributed by atoms with Crippen LogP contribution < -0.4 is 5.32 Å². The van der Waals surface area contributed by atoms with Gasteiger partial charge in [0, 0.05) is 54.6 Å². The van der Waals surface area contributed by atoms with Crippen molar-refractivity contribution >= 4 is 33.3 Å². The Kier molecular flexibility index (Phi) is 4.88. The number of benzene rings is 3. The fourth-order valence-electron chi connectivity index (χ4n) is 4.07. The second kappa shape index (κ2) is 7.85. The first-order chi connectivity index (χ1) is 15.1. The molecule has 0 aliphatic heterocycles. The average molecular weight is 408 g/mol. The molecule has 0 unspecified atom stereocenters. The van der Waals surface area contributed by atoms with Gasteiger partial charge in [0.05, 0.1) is 11.0 Å². The maximum Gasteiger partial charge on any atom is 0.0966 e. The summed E-state index contributed by atoms with van der Waals surface area (Å²) < 4.78 is 2.15. The van der Waals surface area contributed by atoms with Crippen molar-refractivity contribution in [1.29, 1.82) is 0 Å². The highest BCUT2D eigenvalue weighted by Crippen LogP contribution is 2.33. The Balaban J connectivity index is 1.64. The van der Waals surface area contributed by atoms with Crippen LogP contribution >= 0.6 is 0 Å². The number of hydrogen-bond donors (Lipinski definition) is 1. The highest BCUT2D eigenvalue weighted by atomic mass is 15.1. The Bertz CT molecular complexity index is 1380. The van der Waals surface area contributed by atoms with Gasteiger partial charge >= 0.3 is 0 Å². The molecule has 3 aromatic carbocycles. The van der Waals surface area contributed by atoms with E-state index in [1.54, 1.807) is 12.4 Å². The quantitative estimate of drug-likeness (QED) is 0.412. The van der Waals surface area contributed by atoms with Gasteiger partial charge in [-0.15, -0.1) is 0 Å². The summed E-state index contributed by atoms with van der Waals surface area (Å²) in [7, 11) is 6.24. The number of nitrogens with one attached hydrogen (secondary N) is 1. The zero-order chi connectivity index (χ0) is 21.4. The molecular weight excluding hydrogens is 382 g/mol. The Morgan fingerprint density at radius 2 is 1.77 bits per heavy atom. The number of fused-ring (bicyclic) bond motifs is 2. The lowest BCUT2D eigenvalue weighted by molar-refractivity contribution is 0.403. The molecule has 5 heteroatoms. The van der Waals surface area contributed by atoms with E-state index in [-0.39, 0.29) is 0 Å². The van der Waals surface area contributed by atoms with Gasteiger partial charge < -0.3 is 14.8 Å². The molecule has 0 aliphatic rings. The minimum Gasteiger partial charge on any atom is -0.355 e. The Morgan fingerprint density at radius 1 is 0.935 bits per heavy atom. The van der Waals surface area contributed by atoms with Gasteiger partial charge in [-0.25, -0.2) is 0 Å². The van der Waals surface area contributed by atoms with Gasteiger partial charge in [-0.2, -0.15) is 0 Å². The summed E-state index contributed by atoms with van der Waals surface area (Å²) in [5, 5.41) is 4.85. The maximum atomic E-state index is 4.65. The molecule has 0 radical (unpaired) electrons. The molecule has 0 amide bonds. The highest BCUT2D eigenvalue weighted by Gasteiger charge is 2.12. The van der Waals surface area contributed by atoms with E-state index >= 15 is 0 Å². The van der Waals surface area contributed by atoms with Gasteiger partial charge in [-0.05, 0) is 60.9 Å². The standard InChI is InChI=1S/C26H25N5/c1-30(2)17-20-6-4-5-7-23(20)29-21-15-22(26-24(16-21)27-11-12-28-26)19-9-8-18-10-13-31(3)25(18)14-19/h4-16,29H,17H2,1-3H3. The summed E-state index contributed by atoms with van der Waals surface area (Å²) in [6.07, 6.45) is 5.59. The number of rotatable bonds is 5. The smallest absolute Gasteiger partial charge is 0.0966 e. The van der Waals surface area contributed by atoms with Gasteiger partial charge in [-0.1, -0.05) is 30.3 Å². The third-order valence-corrected chi connectivity index (χ3v) is 5.56. The van der Waals surface area contributed by atoms with Crippen LogP contribution in [0.4, 0.5) is 11.4 Å². The molecule has 0 atom stereocenters. The summed E-state index contributed by atoms with van der Waals surface area (Å²) in [5.41, 5.74) is 8.53. The minimum atomic E-state index is 0.869. The van der Waals surface area contributed by atoms with E-state index in [1.165, 1.54) is 16.5 Å². The minimum absolute atomic E-state index is 0.869. The predicted molar refractivity (Wildman–Crippen MR) is 129 cm³/mol. The summed E-state index contributed by atoms with van der Waals surface area (Å²) >= 11 is 0. The number of aryl methyl sites for hydroxylation is 1. The topological polar surface area (TPSA) is 46.0 Å². The zero-order valence-electron chi connectivity index (χ0n) is 18.0. The SMILES string of the molecule is CN(C)Cc1ccccc1Nc1cc(-c2ccc3ccn(C)c3c2)c2nccnc2c1. The summed E-state index contributed by atoms with van der Waals surface area (Å²) in [6.45, 7) is 0.869. The third-order valence-electron chi connectivity index (χ3n) is 5.56. The Morgan fingerprint density at radius 3 is 2.65 bits per heavy atom. The molecule has 0 fully saturated rings. The first kappa shape index (κ1) is 19.3. The van der Waals surface area contributed by atoms with Crippen LogP contribution in [-0.4, -0.2) is 33.5 Å². The third kappa shape index (κ3) is 3.76. The van der Waals surface area contributed by atoms with Crippen molar-refractivity contribution in [2.45, 2.75) is 6.54 Å². The summed E-state index contributed by atoms with van der Waals surface area (Å²) in [5.74, 6) is 0. The van der Waals surface area contributed by atoms with Crippen LogP contribution in [-0.2, 0) is 13.6 Å². The number of hydrogen-bond acceptors (Lipinski definition) is 4. The molecule has 0 spiro atoms. The monoisotopic (exact) mass is 407 g/mol. The molecule has 0 saturated carbocycles. The molecule has 5 aromatic rings. The number of nitrogens with zero attached hydrogens (tertiary/aromatic N) is 4. The summed E-state index contributed by atoms with van der Waals surface area (Å²) in [6, 6.07) is 21.4. The first-order valence-corrected chi connectivity index (χ1v) is 10.4. The molecule has 31 heavy (non-hydrogen) atoms. The molecule has 5 nitrogen and oxygen atoms in total. The van der Waals surface area contributed by atoms with E-state index in [0.717, 1.165) is 40.1 Å². The molecule has 0 bridgehead atoms. The number of para-hydroxylation sites is 1. The normalized spacial score (nSPS) is 11.5. The number of anilines is 2. The Hall–Kier alpha value is -3.70. The molecule has 5 rings (SSSR count). The molecule has 2 aromatic heterocycles. The van der Waals surface area contributed by atoms with Gasteiger partial charge in [-0.3, -0.25) is 9.97 Å². The van der Waals surface area contributed by atoms with Crippen molar-refractivity contribution in [3.63, 3.8) is 0 Å². The van der Waals surface area contributed by atoms with E-state index in [4.69, 9.17) is 0 Å². The molecule has 1 N–H and O–H groups in total. The fourth-order valence-corrected chi connectivity index (χ4v) is 4.07. The molecular formula is C26H25N5. The van der Waals surface area contributed by atoms with E-state index in [2.05, 4.69) is 113 Å². The van der Waals surface area contributed by atoms with Crippen LogP contribution in [0.25, 0.3) is 33.1 Å². The van der Waals surface area contributed by atoms with Crippen LogP contribution in [0.15, 0.2) is 79.3 Å². The van der Waals surface area contributed by atoms with Crippen LogP contribution in [0, 0.1) is 0 Å². The van der Waals surface area contributed by atoms with Crippen molar-refractivity contribution in [3.05, 3.63) is 84.8 Å². The van der Waals surface area contributed by atoms with Gasteiger partial charge in [0.25, 0.3) is 0 Å². The van der Waals surface area contributed by atoms with Gasteiger partial charge in [0.1, 0.15) is 0 Å². The second-order valence-corrected chi connectivity index (χ2v) is 8.17. The molecule has 0 aliphatic carbocycles. The lowest BCUT2D eigenvalue weighted by Crippen LogP contribution is -2.12. The predicted octanol–water partition coefficient (Wildman–Crippen LogP) is 5.59. The van der Waals surface area contributed by atoms with E-state index in [0.29, 0.717) is 0 Å². The van der Waals surface area contributed by atoms with E-state index in [9.17, 15) is 0 Å². The largest absolute Gasteiger partial charge is 0.355 e.